The van der Waals surface area contributed by atoms with Crippen molar-refractivity contribution < 1.29 is 14.3 Å². The molecule has 5 nitrogen and oxygen atoms in total. The zero-order valence-electron chi connectivity index (χ0n) is 12.6. The average molecular weight is 298 g/mol. The molecule has 2 aromatic rings. The first-order chi connectivity index (χ1) is 10.7. The molecule has 0 aliphatic carbocycles. The number of hydrogen-bond acceptors (Lipinski definition) is 4. The van der Waals surface area contributed by atoms with Crippen molar-refractivity contribution in [1.82, 2.24) is 5.43 Å². The van der Waals surface area contributed by atoms with Crippen LogP contribution in [0.2, 0.25) is 0 Å². The fourth-order valence-electron chi connectivity index (χ4n) is 1.87. The van der Waals surface area contributed by atoms with E-state index in [9.17, 15) is 4.79 Å². The molecule has 1 N–H and O–H groups in total. The van der Waals surface area contributed by atoms with Crippen LogP contribution in [-0.2, 0) is 0 Å². The normalized spacial score (nSPS) is 10.5. The zero-order valence-corrected chi connectivity index (χ0v) is 12.6. The van der Waals surface area contributed by atoms with Crippen LogP contribution in [0.1, 0.15) is 22.8 Å². The summed E-state index contributed by atoms with van der Waals surface area (Å²) in [7, 11) is 1.59. The van der Waals surface area contributed by atoms with Crippen LogP contribution in [0.5, 0.6) is 11.5 Å². The fourth-order valence-corrected chi connectivity index (χ4v) is 1.87. The number of hydrazone groups is 1. The molecule has 114 valence electrons. The summed E-state index contributed by atoms with van der Waals surface area (Å²) in [5.74, 6) is 1.15. The summed E-state index contributed by atoms with van der Waals surface area (Å²) in [5, 5.41) is 3.95. The molecule has 1 amide bonds. The summed E-state index contributed by atoms with van der Waals surface area (Å²) in [5.41, 5.74) is 3.79. The molecule has 0 atom stereocenters. The number of carbonyl (C=O) groups is 1. The van der Waals surface area contributed by atoms with Crippen LogP contribution in [0.25, 0.3) is 0 Å². The van der Waals surface area contributed by atoms with Gasteiger partial charge in [0, 0.05) is 11.1 Å². The van der Waals surface area contributed by atoms with Crippen LogP contribution in [0.4, 0.5) is 0 Å². The summed E-state index contributed by atoms with van der Waals surface area (Å²) in [6.45, 7) is 2.50. The molecule has 0 saturated heterocycles. The molecule has 0 fully saturated rings. The Morgan fingerprint density at radius 3 is 2.59 bits per heavy atom. The molecular formula is C17H18N2O3. The van der Waals surface area contributed by atoms with E-state index in [0.717, 1.165) is 11.3 Å². The first kappa shape index (κ1) is 15.6. The Labute approximate surface area is 129 Å². The molecule has 2 rings (SSSR count). The molecule has 0 unspecified atom stereocenters. The van der Waals surface area contributed by atoms with Crippen molar-refractivity contribution in [2.45, 2.75) is 6.92 Å². The second kappa shape index (κ2) is 7.83. The van der Waals surface area contributed by atoms with Gasteiger partial charge in [0.1, 0.15) is 11.5 Å². The predicted octanol–water partition coefficient (Wildman–Crippen LogP) is 2.86. The van der Waals surface area contributed by atoms with Crippen molar-refractivity contribution >= 4 is 12.1 Å². The fraction of sp³-hybridized carbons (Fsp3) is 0.176. The lowest BCUT2D eigenvalue weighted by Gasteiger charge is -2.05. The molecule has 0 saturated carbocycles. The summed E-state index contributed by atoms with van der Waals surface area (Å²) in [6.07, 6.45) is 1.55. The number of ether oxygens (including phenoxy) is 2. The molecule has 0 spiro atoms. The maximum Gasteiger partial charge on any atom is 0.271 e. The molecule has 0 aliphatic heterocycles. The van der Waals surface area contributed by atoms with Gasteiger partial charge in [-0.1, -0.05) is 12.1 Å². The Bertz CT molecular complexity index is 651. The van der Waals surface area contributed by atoms with E-state index < -0.39 is 0 Å². The molecule has 2 aromatic carbocycles. The number of nitrogens with zero attached hydrogens (tertiary/aromatic N) is 1. The SMILES string of the molecule is CCOc1ccc(C(=O)N/N=C\c2ccccc2OC)cc1. The number of rotatable bonds is 6. The molecule has 0 aliphatic rings. The van der Waals surface area contributed by atoms with E-state index in [0.29, 0.717) is 17.9 Å². The smallest absolute Gasteiger partial charge is 0.271 e. The summed E-state index contributed by atoms with van der Waals surface area (Å²) in [4.78, 5) is 12.0. The molecule has 0 radical (unpaired) electrons. The monoisotopic (exact) mass is 298 g/mol. The third kappa shape index (κ3) is 4.09. The van der Waals surface area contributed by atoms with E-state index >= 15 is 0 Å². The number of nitrogens with one attached hydrogen (secondary N) is 1. The van der Waals surface area contributed by atoms with Gasteiger partial charge in [-0.15, -0.1) is 0 Å². The van der Waals surface area contributed by atoms with Crippen molar-refractivity contribution in [2.75, 3.05) is 13.7 Å². The van der Waals surface area contributed by atoms with Gasteiger partial charge >= 0.3 is 0 Å². The van der Waals surface area contributed by atoms with E-state index in [1.165, 1.54) is 0 Å². The van der Waals surface area contributed by atoms with Crippen LogP contribution in [0, 0.1) is 0 Å². The number of carbonyl (C=O) groups excluding carboxylic acids is 1. The van der Waals surface area contributed by atoms with Crippen molar-refractivity contribution in [3.63, 3.8) is 0 Å². The van der Waals surface area contributed by atoms with Crippen LogP contribution < -0.4 is 14.9 Å². The Balaban J connectivity index is 1.98. The van der Waals surface area contributed by atoms with E-state index in [1.54, 1.807) is 37.6 Å². The highest BCUT2D eigenvalue weighted by molar-refractivity contribution is 5.95. The lowest BCUT2D eigenvalue weighted by atomic mass is 10.2. The van der Waals surface area contributed by atoms with E-state index in [4.69, 9.17) is 9.47 Å². The maximum atomic E-state index is 12.0. The van der Waals surface area contributed by atoms with Crippen molar-refractivity contribution in [3.8, 4) is 11.5 Å². The first-order valence-electron chi connectivity index (χ1n) is 6.94. The van der Waals surface area contributed by atoms with Gasteiger partial charge in [0.05, 0.1) is 19.9 Å². The summed E-state index contributed by atoms with van der Waals surface area (Å²) in [6, 6.07) is 14.3. The highest BCUT2D eigenvalue weighted by Crippen LogP contribution is 2.14. The van der Waals surface area contributed by atoms with Crippen molar-refractivity contribution in [3.05, 3.63) is 59.7 Å². The molecule has 5 heteroatoms. The van der Waals surface area contributed by atoms with Crippen LogP contribution in [0.15, 0.2) is 53.6 Å². The Hall–Kier alpha value is -2.82. The van der Waals surface area contributed by atoms with Gasteiger partial charge in [0.25, 0.3) is 5.91 Å². The standard InChI is InChI=1S/C17H18N2O3/c1-3-22-15-10-8-13(9-11-15)17(20)19-18-12-14-6-4-5-7-16(14)21-2/h4-12H,3H2,1-2H3,(H,19,20)/b18-12-. The van der Waals surface area contributed by atoms with Gasteiger partial charge in [-0.2, -0.15) is 5.10 Å². The number of methoxy groups -OCH3 is 1. The molecule has 0 heterocycles. The minimum atomic E-state index is -0.283. The second-order valence-corrected chi connectivity index (χ2v) is 4.40. The predicted molar refractivity (Wildman–Crippen MR) is 85.7 cm³/mol. The average Bonchev–Trinajstić information content (AvgIpc) is 2.56. The molecule has 0 aromatic heterocycles. The van der Waals surface area contributed by atoms with Gasteiger partial charge in [0.15, 0.2) is 0 Å². The number of hydrogen-bond donors (Lipinski definition) is 1. The number of benzene rings is 2. The van der Waals surface area contributed by atoms with Gasteiger partial charge in [-0.25, -0.2) is 5.43 Å². The quantitative estimate of drug-likeness (QED) is 0.659. The topological polar surface area (TPSA) is 59.9 Å². The van der Waals surface area contributed by atoms with Gasteiger partial charge < -0.3 is 9.47 Å². The number of para-hydroxylation sites is 1. The van der Waals surface area contributed by atoms with Crippen LogP contribution >= 0.6 is 0 Å². The highest BCUT2D eigenvalue weighted by Gasteiger charge is 2.04. The van der Waals surface area contributed by atoms with E-state index in [-0.39, 0.29) is 5.91 Å². The largest absolute Gasteiger partial charge is 0.496 e. The Morgan fingerprint density at radius 1 is 1.18 bits per heavy atom. The molecule has 0 bridgehead atoms. The first-order valence-corrected chi connectivity index (χ1v) is 6.94. The third-order valence-corrected chi connectivity index (χ3v) is 2.94. The minimum Gasteiger partial charge on any atom is -0.496 e. The minimum absolute atomic E-state index is 0.283. The summed E-state index contributed by atoms with van der Waals surface area (Å²) >= 11 is 0. The lowest BCUT2D eigenvalue weighted by molar-refractivity contribution is 0.0955. The van der Waals surface area contributed by atoms with E-state index in [2.05, 4.69) is 10.5 Å². The van der Waals surface area contributed by atoms with Gasteiger partial charge in [0.2, 0.25) is 0 Å². The van der Waals surface area contributed by atoms with Crippen molar-refractivity contribution in [1.29, 1.82) is 0 Å². The molecule has 22 heavy (non-hydrogen) atoms. The maximum absolute atomic E-state index is 12.0. The molecular weight excluding hydrogens is 280 g/mol. The number of amides is 1. The van der Waals surface area contributed by atoms with E-state index in [1.807, 2.05) is 31.2 Å². The Kier molecular flexibility index (Phi) is 5.54. The second-order valence-electron chi connectivity index (χ2n) is 4.40. The van der Waals surface area contributed by atoms with Crippen LogP contribution in [0.3, 0.4) is 0 Å². The van der Waals surface area contributed by atoms with Crippen molar-refractivity contribution in [2.24, 2.45) is 5.10 Å². The zero-order chi connectivity index (χ0) is 15.8. The van der Waals surface area contributed by atoms with Crippen LogP contribution in [-0.4, -0.2) is 25.8 Å². The van der Waals surface area contributed by atoms with Gasteiger partial charge in [-0.3, -0.25) is 4.79 Å². The summed E-state index contributed by atoms with van der Waals surface area (Å²) < 4.78 is 10.5. The van der Waals surface area contributed by atoms with Gasteiger partial charge in [-0.05, 0) is 43.3 Å². The Morgan fingerprint density at radius 2 is 1.91 bits per heavy atom. The highest BCUT2D eigenvalue weighted by atomic mass is 16.5. The third-order valence-electron chi connectivity index (χ3n) is 2.94. The lowest BCUT2D eigenvalue weighted by Crippen LogP contribution is -2.17.